The molecule has 0 amide bonds. The Bertz CT molecular complexity index is 445. The molecule has 0 radical (unpaired) electrons. The number of nitrogens with one attached hydrogen (secondary N) is 1. The van der Waals surface area contributed by atoms with Gasteiger partial charge < -0.3 is 10.2 Å². The van der Waals surface area contributed by atoms with Gasteiger partial charge in [-0.05, 0) is 5.56 Å². The molecule has 0 spiro atoms. The average molecular weight is 274 g/mol. The predicted octanol–water partition coefficient (Wildman–Crippen LogP) is 1.13. The highest BCUT2D eigenvalue weighted by Gasteiger charge is 2.56. The second-order valence-electron chi connectivity index (χ2n) is 3.96. The summed E-state index contributed by atoms with van der Waals surface area (Å²) >= 11 is 0. The van der Waals surface area contributed by atoms with E-state index >= 15 is 0 Å². The van der Waals surface area contributed by atoms with Crippen LogP contribution in [-0.2, 0) is 0 Å². The molecule has 104 valence electrons. The van der Waals surface area contributed by atoms with E-state index in [1.54, 1.807) is 18.2 Å². The van der Waals surface area contributed by atoms with E-state index in [2.05, 4.69) is 0 Å². The van der Waals surface area contributed by atoms with E-state index < -0.39 is 31.0 Å². The van der Waals surface area contributed by atoms with E-state index in [0.717, 1.165) is 6.07 Å². The Kier molecular flexibility index (Phi) is 4.89. The third kappa shape index (κ3) is 3.23. The number of aliphatic hydroxyl groups excluding tert-OH is 2. The first-order valence-electron chi connectivity index (χ1n) is 5.42. The first-order valence-corrected chi connectivity index (χ1v) is 5.42. The van der Waals surface area contributed by atoms with Crippen molar-refractivity contribution in [2.24, 2.45) is 0 Å². The highest BCUT2D eigenvalue weighted by molar-refractivity contribution is 5.22. The van der Waals surface area contributed by atoms with Crippen LogP contribution in [0.25, 0.3) is 0 Å². The lowest BCUT2D eigenvalue weighted by atomic mass is 9.98. The first kappa shape index (κ1) is 15.4. The molecule has 0 bridgehead atoms. The Balaban J connectivity index is 3.05. The van der Waals surface area contributed by atoms with Crippen molar-refractivity contribution in [3.8, 4) is 6.07 Å². The maximum absolute atomic E-state index is 12.9. The highest BCUT2D eigenvalue weighted by Crippen LogP contribution is 2.32. The molecule has 0 saturated carbocycles. The number of hydrogen-bond donors (Lipinski definition) is 3. The summed E-state index contributed by atoms with van der Waals surface area (Å²) in [5.74, 6) is 0. The quantitative estimate of drug-likeness (QED) is 0.752. The lowest BCUT2D eigenvalue weighted by Crippen LogP contribution is -2.60. The van der Waals surface area contributed by atoms with Crippen molar-refractivity contribution >= 4 is 0 Å². The number of halogens is 3. The van der Waals surface area contributed by atoms with Crippen LogP contribution in [0.15, 0.2) is 30.3 Å². The molecule has 0 fully saturated rings. The van der Waals surface area contributed by atoms with Crippen molar-refractivity contribution in [3.63, 3.8) is 0 Å². The van der Waals surface area contributed by atoms with Gasteiger partial charge in [-0.3, -0.25) is 5.32 Å². The molecule has 0 unspecified atom stereocenters. The fourth-order valence-corrected chi connectivity index (χ4v) is 1.57. The molecule has 0 heterocycles. The molecule has 1 aromatic carbocycles. The Labute approximate surface area is 108 Å². The van der Waals surface area contributed by atoms with Gasteiger partial charge in [0.2, 0.25) is 5.54 Å². The van der Waals surface area contributed by atoms with Crippen LogP contribution in [0.4, 0.5) is 13.2 Å². The van der Waals surface area contributed by atoms with Gasteiger partial charge in [0.25, 0.3) is 0 Å². The Morgan fingerprint density at radius 2 is 1.79 bits per heavy atom. The van der Waals surface area contributed by atoms with Gasteiger partial charge in [0.05, 0.1) is 25.3 Å². The summed E-state index contributed by atoms with van der Waals surface area (Å²) in [6, 6.07) is 7.84. The zero-order chi connectivity index (χ0) is 14.5. The molecule has 1 rings (SSSR count). The van der Waals surface area contributed by atoms with Gasteiger partial charge in [0, 0.05) is 0 Å². The number of rotatable bonds is 5. The molecule has 4 nitrogen and oxygen atoms in total. The van der Waals surface area contributed by atoms with E-state index in [1.165, 1.54) is 12.1 Å². The summed E-state index contributed by atoms with van der Waals surface area (Å²) < 4.78 is 38.6. The Hall–Kier alpha value is -1.62. The minimum Gasteiger partial charge on any atom is -0.394 e. The van der Waals surface area contributed by atoms with Gasteiger partial charge in [-0.2, -0.15) is 18.4 Å². The van der Waals surface area contributed by atoms with E-state index in [-0.39, 0.29) is 0 Å². The third-order valence-electron chi connectivity index (χ3n) is 2.72. The fourth-order valence-electron chi connectivity index (χ4n) is 1.57. The molecule has 0 aliphatic heterocycles. The fraction of sp³-hybridized carbons (Fsp3) is 0.417. The highest BCUT2D eigenvalue weighted by atomic mass is 19.4. The molecule has 2 atom stereocenters. The Morgan fingerprint density at radius 1 is 1.21 bits per heavy atom. The van der Waals surface area contributed by atoms with Crippen LogP contribution in [0, 0.1) is 11.3 Å². The van der Waals surface area contributed by atoms with Gasteiger partial charge in [-0.25, -0.2) is 0 Å². The topological polar surface area (TPSA) is 76.3 Å². The van der Waals surface area contributed by atoms with Crippen LogP contribution in [0.1, 0.15) is 11.6 Å². The SMILES string of the molecule is N#C[C@](CO)(N[C@@H](CO)c1ccccc1)C(F)(F)F. The minimum absolute atomic E-state index is 0.391. The van der Waals surface area contributed by atoms with Crippen molar-refractivity contribution in [1.29, 1.82) is 5.26 Å². The average Bonchev–Trinajstić information content (AvgIpc) is 2.40. The van der Waals surface area contributed by atoms with Crippen LogP contribution >= 0.6 is 0 Å². The third-order valence-corrected chi connectivity index (χ3v) is 2.72. The second kappa shape index (κ2) is 6.02. The maximum atomic E-state index is 12.9. The van der Waals surface area contributed by atoms with Crippen LogP contribution in [-0.4, -0.2) is 35.1 Å². The lowest BCUT2D eigenvalue weighted by molar-refractivity contribution is -0.191. The predicted molar refractivity (Wildman–Crippen MR) is 60.9 cm³/mol. The van der Waals surface area contributed by atoms with Crippen molar-refractivity contribution in [3.05, 3.63) is 35.9 Å². The monoisotopic (exact) mass is 274 g/mol. The molecule has 0 aliphatic carbocycles. The smallest absolute Gasteiger partial charge is 0.394 e. The number of benzene rings is 1. The number of nitriles is 1. The standard InChI is InChI=1S/C12H13F3N2O2/c13-12(14,15)11(7-16,8-19)17-10(6-18)9-4-2-1-3-5-9/h1-5,10,17-19H,6,8H2/t10-,11+/m0/s1. The number of nitrogens with zero attached hydrogens (tertiary/aromatic N) is 1. The van der Waals surface area contributed by atoms with Crippen molar-refractivity contribution in [1.82, 2.24) is 5.32 Å². The zero-order valence-corrected chi connectivity index (χ0v) is 9.85. The van der Waals surface area contributed by atoms with Crippen LogP contribution in [0.3, 0.4) is 0 Å². The summed E-state index contributed by atoms with van der Waals surface area (Å²) in [5, 5.41) is 28.8. The molecule has 0 saturated heterocycles. The number of hydrogen-bond acceptors (Lipinski definition) is 4. The number of aliphatic hydroxyl groups is 2. The maximum Gasteiger partial charge on any atom is 0.422 e. The van der Waals surface area contributed by atoms with E-state index in [1.807, 2.05) is 5.32 Å². The van der Waals surface area contributed by atoms with Crippen molar-refractivity contribution in [2.75, 3.05) is 13.2 Å². The van der Waals surface area contributed by atoms with Gasteiger partial charge in [0.1, 0.15) is 0 Å². The number of alkyl halides is 3. The molecule has 1 aromatic rings. The summed E-state index contributed by atoms with van der Waals surface area (Å²) in [6.45, 7) is -2.07. The van der Waals surface area contributed by atoms with Crippen LogP contribution < -0.4 is 5.32 Å². The van der Waals surface area contributed by atoms with Gasteiger partial charge >= 0.3 is 6.18 Å². The molecule has 0 aromatic heterocycles. The van der Waals surface area contributed by atoms with Gasteiger partial charge in [0.15, 0.2) is 0 Å². The normalized spacial score (nSPS) is 16.4. The summed E-state index contributed by atoms with van der Waals surface area (Å²) in [5.41, 5.74) is -2.71. The molecule has 7 heteroatoms. The van der Waals surface area contributed by atoms with Crippen molar-refractivity contribution < 1.29 is 23.4 Å². The van der Waals surface area contributed by atoms with E-state index in [4.69, 9.17) is 10.4 Å². The molecular formula is C12H13F3N2O2. The molecule has 0 aliphatic rings. The summed E-state index contributed by atoms with van der Waals surface area (Å²) in [4.78, 5) is 0. The van der Waals surface area contributed by atoms with E-state index in [0.29, 0.717) is 5.56 Å². The van der Waals surface area contributed by atoms with Crippen LogP contribution in [0.5, 0.6) is 0 Å². The first-order chi connectivity index (χ1) is 8.90. The molecule has 19 heavy (non-hydrogen) atoms. The van der Waals surface area contributed by atoms with Gasteiger partial charge in [-0.15, -0.1) is 0 Å². The minimum atomic E-state index is -4.96. The molecular weight excluding hydrogens is 261 g/mol. The summed E-state index contributed by atoms with van der Waals surface area (Å²) in [6.07, 6.45) is -4.96. The van der Waals surface area contributed by atoms with Gasteiger partial charge in [-0.1, -0.05) is 30.3 Å². The molecule has 3 N–H and O–H groups in total. The Morgan fingerprint density at radius 3 is 2.16 bits per heavy atom. The zero-order valence-electron chi connectivity index (χ0n) is 9.85. The van der Waals surface area contributed by atoms with Crippen LogP contribution in [0.2, 0.25) is 0 Å². The van der Waals surface area contributed by atoms with E-state index in [9.17, 15) is 18.3 Å². The van der Waals surface area contributed by atoms with Crippen molar-refractivity contribution in [2.45, 2.75) is 17.8 Å². The lowest BCUT2D eigenvalue weighted by Gasteiger charge is -2.32. The summed E-state index contributed by atoms with van der Waals surface area (Å²) in [7, 11) is 0. The largest absolute Gasteiger partial charge is 0.422 e. The second-order valence-corrected chi connectivity index (χ2v) is 3.96.